The van der Waals surface area contributed by atoms with Gasteiger partial charge in [0.05, 0.1) is 34.1 Å². The first-order valence-corrected chi connectivity index (χ1v) is 13.8. The number of methoxy groups -OCH3 is 3. The quantitative estimate of drug-likeness (QED) is 0.379. The number of rotatable bonds is 10. The van der Waals surface area contributed by atoms with Crippen LogP contribution in [0.1, 0.15) is 49.5 Å². The van der Waals surface area contributed by atoms with Gasteiger partial charge in [-0.05, 0) is 54.8 Å². The third-order valence-electron chi connectivity index (χ3n) is 7.49. The van der Waals surface area contributed by atoms with E-state index in [1.165, 1.54) is 32.5 Å². The summed E-state index contributed by atoms with van der Waals surface area (Å²) >= 11 is 0. The van der Waals surface area contributed by atoms with Gasteiger partial charge in [-0.15, -0.1) is 0 Å². The first-order chi connectivity index (χ1) is 20.0. The smallest absolute Gasteiger partial charge is 0.268 e. The summed E-state index contributed by atoms with van der Waals surface area (Å²) in [5, 5.41) is 3.21. The Morgan fingerprint density at radius 1 is 0.951 bits per heavy atom. The molecule has 0 spiro atoms. The normalized spacial score (nSPS) is 17.3. The highest BCUT2D eigenvalue weighted by atomic mass is 16.6. The molecular formula is C31H36N2O8. The second-order valence-corrected chi connectivity index (χ2v) is 10.1. The van der Waals surface area contributed by atoms with Crippen LogP contribution >= 0.6 is 0 Å². The summed E-state index contributed by atoms with van der Waals surface area (Å²) in [5.41, 5.74) is 0.491. The van der Waals surface area contributed by atoms with Gasteiger partial charge in [0.25, 0.3) is 5.91 Å². The van der Waals surface area contributed by atoms with E-state index in [2.05, 4.69) is 5.32 Å². The summed E-state index contributed by atoms with van der Waals surface area (Å²) in [6.07, 6.45) is 5.55. The summed E-state index contributed by atoms with van der Waals surface area (Å²) in [6, 6.07) is 13.0. The second-order valence-electron chi connectivity index (χ2n) is 10.1. The highest BCUT2D eigenvalue weighted by Gasteiger charge is 2.40. The molecule has 1 aliphatic heterocycles. The molecule has 2 unspecified atom stereocenters. The van der Waals surface area contributed by atoms with Crippen LogP contribution in [-0.4, -0.2) is 56.8 Å². The van der Waals surface area contributed by atoms with E-state index in [0.717, 1.165) is 32.1 Å². The van der Waals surface area contributed by atoms with Crippen molar-refractivity contribution in [3.05, 3.63) is 66.1 Å². The average molecular weight is 565 g/mol. The fourth-order valence-corrected chi connectivity index (χ4v) is 5.45. The van der Waals surface area contributed by atoms with Gasteiger partial charge in [0.2, 0.25) is 17.8 Å². The van der Waals surface area contributed by atoms with Crippen LogP contribution in [-0.2, 0) is 16.1 Å². The molecule has 1 aromatic heterocycles. The minimum Gasteiger partial charge on any atom is -0.493 e. The van der Waals surface area contributed by atoms with Crippen molar-refractivity contribution in [2.24, 2.45) is 0 Å². The third kappa shape index (κ3) is 6.21. The summed E-state index contributed by atoms with van der Waals surface area (Å²) < 4.78 is 34.3. The van der Waals surface area contributed by atoms with E-state index in [9.17, 15) is 9.59 Å². The van der Waals surface area contributed by atoms with Crippen LogP contribution < -0.4 is 29.0 Å². The minimum absolute atomic E-state index is 0.00325. The molecular weight excluding hydrogens is 528 g/mol. The van der Waals surface area contributed by atoms with Crippen molar-refractivity contribution in [2.45, 2.75) is 56.8 Å². The zero-order valence-corrected chi connectivity index (χ0v) is 23.6. The zero-order valence-electron chi connectivity index (χ0n) is 23.6. The van der Waals surface area contributed by atoms with Crippen LogP contribution in [0.5, 0.6) is 28.7 Å². The van der Waals surface area contributed by atoms with Gasteiger partial charge < -0.3 is 38.3 Å². The van der Waals surface area contributed by atoms with Crippen molar-refractivity contribution in [2.75, 3.05) is 27.9 Å². The molecule has 2 atom stereocenters. The van der Waals surface area contributed by atoms with Gasteiger partial charge in [-0.1, -0.05) is 31.4 Å². The Bertz CT molecular complexity index is 1310. The largest absolute Gasteiger partial charge is 0.493 e. The molecule has 218 valence electrons. The molecule has 10 nitrogen and oxygen atoms in total. The maximum absolute atomic E-state index is 14.3. The molecule has 2 amide bonds. The number of nitrogens with zero attached hydrogens (tertiary/aromatic N) is 1. The highest BCUT2D eigenvalue weighted by molar-refractivity contribution is 5.91. The van der Waals surface area contributed by atoms with E-state index >= 15 is 0 Å². The lowest BCUT2D eigenvalue weighted by atomic mass is 9.94. The maximum Gasteiger partial charge on any atom is 0.268 e. The van der Waals surface area contributed by atoms with Crippen molar-refractivity contribution in [1.29, 1.82) is 0 Å². The number of nitrogens with one attached hydrogen (secondary N) is 1. The van der Waals surface area contributed by atoms with E-state index < -0.39 is 18.1 Å². The molecule has 0 radical (unpaired) electrons. The number of hydrogen-bond donors (Lipinski definition) is 1. The highest BCUT2D eigenvalue weighted by Crippen LogP contribution is 2.42. The Morgan fingerprint density at radius 2 is 1.66 bits per heavy atom. The summed E-state index contributed by atoms with van der Waals surface area (Å²) in [5.74, 6) is 1.92. The molecule has 2 aromatic carbocycles. The van der Waals surface area contributed by atoms with Crippen molar-refractivity contribution in [3.8, 4) is 28.7 Å². The standard InChI is InChI=1S/C31H36N2O8/c1-36-25-16-20(17-26(37-2)29(25)38-3)28(30(34)32-21-10-5-4-6-11-21)33(18-22-12-9-15-39-22)31(35)27-19-40-23-13-7-8-14-24(23)41-27/h7-9,12-17,21,27-28H,4-6,10-11,18-19H2,1-3H3,(H,32,34). The first kappa shape index (κ1) is 28.2. The fourth-order valence-electron chi connectivity index (χ4n) is 5.45. The number of fused-ring (bicyclic) bond motifs is 1. The van der Waals surface area contributed by atoms with Crippen LogP contribution in [0.3, 0.4) is 0 Å². The summed E-state index contributed by atoms with van der Waals surface area (Å²) in [7, 11) is 4.53. The van der Waals surface area contributed by atoms with Crippen LogP contribution in [0.2, 0.25) is 0 Å². The number of amides is 2. The average Bonchev–Trinajstić information content (AvgIpc) is 3.53. The van der Waals surface area contributed by atoms with Crippen LogP contribution in [0, 0.1) is 0 Å². The molecule has 1 saturated carbocycles. The predicted octanol–water partition coefficient (Wildman–Crippen LogP) is 4.66. The first-order valence-electron chi connectivity index (χ1n) is 13.8. The Labute approximate surface area is 239 Å². The fraction of sp³-hybridized carbons (Fsp3) is 0.419. The molecule has 3 aromatic rings. The number of hydrogen-bond acceptors (Lipinski definition) is 8. The van der Waals surface area contributed by atoms with Gasteiger partial charge in [0, 0.05) is 6.04 Å². The Morgan fingerprint density at radius 3 is 2.29 bits per heavy atom. The minimum atomic E-state index is -1.07. The Kier molecular flexibility index (Phi) is 8.86. The van der Waals surface area contributed by atoms with E-state index in [0.29, 0.717) is 40.1 Å². The van der Waals surface area contributed by atoms with Gasteiger partial charge in [-0.25, -0.2) is 0 Å². The Hall–Kier alpha value is -4.34. The van der Waals surface area contributed by atoms with Gasteiger partial charge in [-0.2, -0.15) is 0 Å². The maximum atomic E-state index is 14.3. The number of carbonyl (C=O) groups excluding carboxylic acids is 2. The lowest BCUT2D eigenvalue weighted by Gasteiger charge is -2.36. The monoisotopic (exact) mass is 564 g/mol. The van der Waals surface area contributed by atoms with Gasteiger partial charge >= 0.3 is 0 Å². The van der Waals surface area contributed by atoms with E-state index in [-0.39, 0.29) is 25.1 Å². The van der Waals surface area contributed by atoms with Gasteiger partial charge in [-0.3, -0.25) is 9.59 Å². The number of para-hydroxylation sites is 2. The third-order valence-corrected chi connectivity index (χ3v) is 7.49. The topological polar surface area (TPSA) is 109 Å². The predicted molar refractivity (Wildman–Crippen MR) is 149 cm³/mol. The molecule has 2 heterocycles. The molecule has 1 fully saturated rings. The SMILES string of the molecule is COc1cc(C(C(=O)NC2CCCCC2)N(Cc2ccco2)C(=O)C2COc3ccccc3O2)cc(OC)c1OC. The molecule has 10 heteroatoms. The van der Waals surface area contributed by atoms with Crippen LogP contribution in [0.25, 0.3) is 0 Å². The molecule has 2 aliphatic rings. The molecule has 0 bridgehead atoms. The zero-order chi connectivity index (χ0) is 28.8. The van der Waals surface area contributed by atoms with Crippen molar-refractivity contribution < 1.29 is 37.7 Å². The van der Waals surface area contributed by atoms with Crippen LogP contribution in [0.15, 0.2) is 59.2 Å². The van der Waals surface area contributed by atoms with Gasteiger partial charge in [0.1, 0.15) is 18.4 Å². The van der Waals surface area contributed by atoms with Crippen LogP contribution in [0.4, 0.5) is 0 Å². The lowest BCUT2D eigenvalue weighted by Crippen LogP contribution is -2.52. The molecule has 0 saturated heterocycles. The number of carbonyl (C=O) groups is 2. The van der Waals surface area contributed by atoms with Crippen molar-refractivity contribution in [3.63, 3.8) is 0 Å². The second kappa shape index (κ2) is 12.9. The summed E-state index contributed by atoms with van der Waals surface area (Å²) in [6.45, 7) is 0.0173. The Balaban J connectivity index is 1.57. The molecule has 41 heavy (non-hydrogen) atoms. The molecule has 1 N–H and O–H groups in total. The van der Waals surface area contributed by atoms with Crippen molar-refractivity contribution in [1.82, 2.24) is 10.2 Å². The van der Waals surface area contributed by atoms with E-state index in [1.807, 2.05) is 12.1 Å². The lowest BCUT2D eigenvalue weighted by molar-refractivity contribution is -0.149. The summed E-state index contributed by atoms with van der Waals surface area (Å²) in [4.78, 5) is 30.0. The van der Waals surface area contributed by atoms with Crippen molar-refractivity contribution >= 4 is 11.8 Å². The molecule has 5 rings (SSSR count). The molecule has 1 aliphatic carbocycles. The number of ether oxygens (including phenoxy) is 5. The van der Waals surface area contributed by atoms with Gasteiger partial charge in [0.15, 0.2) is 23.0 Å². The number of benzene rings is 2. The van der Waals surface area contributed by atoms with E-state index in [1.54, 1.807) is 36.4 Å². The van der Waals surface area contributed by atoms with E-state index in [4.69, 9.17) is 28.1 Å². The number of furan rings is 1.